The molecule has 0 radical (unpaired) electrons. The second-order valence-corrected chi connectivity index (χ2v) is 7.52. The monoisotopic (exact) mass is 371 g/mol. The van der Waals surface area contributed by atoms with Crippen LogP contribution >= 0.6 is 23.4 Å². The number of hydrogen-bond acceptors (Lipinski definition) is 4. The van der Waals surface area contributed by atoms with Crippen molar-refractivity contribution in [2.45, 2.75) is 5.92 Å². The van der Waals surface area contributed by atoms with Gasteiger partial charge in [0.25, 0.3) is 0 Å². The molecular weight excluding hydrogens is 354 g/mol. The van der Waals surface area contributed by atoms with E-state index in [1.54, 1.807) is 0 Å². The minimum atomic E-state index is -0.245. The topological polar surface area (TPSA) is 29.5 Å². The minimum absolute atomic E-state index is 0.178. The van der Waals surface area contributed by atoms with Gasteiger partial charge in [-0.05, 0) is 35.0 Å². The quantitative estimate of drug-likeness (QED) is 0.799. The third-order valence-corrected chi connectivity index (χ3v) is 5.90. The van der Waals surface area contributed by atoms with Crippen LogP contribution in [0.25, 0.3) is 5.57 Å². The summed E-state index contributed by atoms with van der Waals surface area (Å²) < 4.78 is 5.48. The van der Waals surface area contributed by atoms with Crippen molar-refractivity contribution in [2.75, 3.05) is 26.3 Å². The molecule has 2 aliphatic heterocycles. The van der Waals surface area contributed by atoms with E-state index in [0.717, 1.165) is 34.8 Å². The normalized spacial score (nSPS) is 21.1. The van der Waals surface area contributed by atoms with E-state index >= 15 is 0 Å². The first-order chi connectivity index (χ1) is 12.2. The highest BCUT2D eigenvalue weighted by molar-refractivity contribution is 8.17. The summed E-state index contributed by atoms with van der Waals surface area (Å²) in [6.07, 6.45) is 0. The van der Waals surface area contributed by atoms with Crippen LogP contribution in [0.3, 0.4) is 0 Å². The van der Waals surface area contributed by atoms with Crippen LogP contribution in [0, 0.1) is 0 Å². The summed E-state index contributed by atoms with van der Waals surface area (Å²) in [5.41, 5.74) is 3.17. The van der Waals surface area contributed by atoms with Gasteiger partial charge in [-0.1, -0.05) is 54.1 Å². The summed E-state index contributed by atoms with van der Waals surface area (Å²) >= 11 is 7.43. The van der Waals surface area contributed by atoms with E-state index in [0.29, 0.717) is 18.2 Å². The summed E-state index contributed by atoms with van der Waals surface area (Å²) in [7, 11) is 0. The fourth-order valence-corrected chi connectivity index (χ4v) is 4.67. The van der Waals surface area contributed by atoms with Crippen molar-refractivity contribution in [1.82, 2.24) is 4.90 Å². The second-order valence-electron chi connectivity index (χ2n) is 6.09. The molecule has 2 aromatic rings. The number of allylic oxidation sites excluding steroid dienone is 1. The number of ether oxygens (including phenoxy) is 1. The van der Waals surface area contributed by atoms with Gasteiger partial charge in [-0.15, -0.1) is 0 Å². The number of thioether (sulfide) groups is 1. The lowest BCUT2D eigenvalue weighted by Crippen LogP contribution is -2.34. The highest BCUT2D eigenvalue weighted by Gasteiger charge is 2.38. The molecular formula is C20H18ClNO2S. The molecule has 1 fully saturated rings. The van der Waals surface area contributed by atoms with E-state index in [4.69, 9.17) is 16.3 Å². The third-order valence-electron chi connectivity index (χ3n) is 4.54. The maximum absolute atomic E-state index is 12.9. The first-order valence-electron chi connectivity index (χ1n) is 8.33. The van der Waals surface area contributed by atoms with Gasteiger partial charge in [0, 0.05) is 23.7 Å². The maximum Gasteiger partial charge on any atom is 0.207 e. The van der Waals surface area contributed by atoms with Gasteiger partial charge in [0.2, 0.25) is 5.12 Å². The van der Waals surface area contributed by atoms with E-state index in [-0.39, 0.29) is 11.0 Å². The first kappa shape index (κ1) is 16.7. The number of benzene rings is 2. The van der Waals surface area contributed by atoms with Gasteiger partial charge in [-0.3, -0.25) is 4.79 Å². The highest BCUT2D eigenvalue weighted by atomic mass is 35.5. The Bertz CT molecular complexity index is 798. The molecule has 0 bridgehead atoms. The fourth-order valence-electron chi connectivity index (χ4n) is 3.32. The number of hydrogen-bond donors (Lipinski definition) is 0. The number of rotatable bonds is 3. The highest BCUT2D eigenvalue weighted by Crippen LogP contribution is 2.49. The van der Waals surface area contributed by atoms with Crippen LogP contribution in [0.5, 0.6) is 0 Å². The van der Waals surface area contributed by atoms with Gasteiger partial charge in [0.15, 0.2) is 0 Å². The standard InChI is InChI=1S/C20H18ClNO2S/c21-16-8-6-15(7-9-16)17-18(14-4-2-1-3-5-14)20(23)25-19(17)22-10-12-24-13-11-22/h1-9,18H,10-13H2. The fraction of sp³-hybridized carbons (Fsp3) is 0.250. The van der Waals surface area contributed by atoms with Crippen molar-refractivity contribution >= 4 is 34.1 Å². The van der Waals surface area contributed by atoms with Crippen LogP contribution in [0.2, 0.25) is 5.02 Å². The van der Waals surface area contributed by atoms with Gasteiger partial charge >= 0.3 is 0 Å². The van der Waals surface area contributed by atoms with Crippen LogP contribution in [-0.4, -0.2) is 36.3 Å². The lowest BCUT2D eigenvalue weighted by molar-refractivity contribution is -0.111. The molecule has 1 unspecified atom stereocenters. The molecule has 0 amide bonds. The average Bonchev–Trinajstić information content (AvgIpc) is 3.01. The number of halogens is 1. The Kier molecular flexibility index (Phi) is 4.84. The van der Waals surface area contributed by atoms with Crippen LogP contribution in [0.4, 0.5) is 0 Å². The largest absolute Gasteiger partial charge is 0.378 e. The molecule has 0 spiro atoms. The molecule has 0 N–H and O–H groups in total. The van der Waals surface area contributed by atoms with Crippen LogP contribution < -0.4 is 0 Å². The zero-order valence-electron chi connectivity index (χ0n) is 13.7. The summed E-state index contributed by atoms with van der Waals surface area (Å²) in [6, 6.07) is 17.8. The molecule has 5 heteroatoms. The molecule has 4 rings (SSSR count). The summed E-state index contributed by atoms with van der Waals surface area (Å²) in [5, 5.41) is 1.94. The van der Waals surface area contributed by atoms with E-state index in [1.165, 1.54) is 11.8 Å². The Morgan fingerprint density at radius 1 is 1.00 bits per heavy atom. The summed E-state index contributed by atoms with van der Waals surface area (Å²) in [5.74, 6) is -0.245. The zero-order chi connectivity index (χ0) is 17.2. The molecule has 128 valence electrons. The smallest absolute Gasteiger partial charge is 0.207 e. The van der Waals surface area contributed by atoms with Gasteiger partial charge in [0.1, 0.15) is 0 Å². The average molecular weight is 372 g/mol. The summed E-state index contributed by atoms with van der Waals surface area (Å²) in [6.45, 7) is 3.02. The maximum atomic E-state index is 12.9. The Hall–Kier alpha value is -1.75. The molecule has 1 atom stereocenters. The first-order valence-corrected chi connectivity index (χ1v) is 9.53. The van der Waals surface area contributed by atoms with Crippen molar-refractivity contribution in [2.24, 2.45) is 0 Å². The molecule has 0 saturated carbocycles. The Morgan fingerprint density at radius 2 is 1.68 bits per heavy atom. The Labute approximate surface area is 156 Å². The van der Waals surface area contributed by atoms with E-state index in [1.807, 2.05) is 54.6 Å². The summed E-state index contributed by atoms with van der Waals surface area (Å²) in [4.78, 5) is 15.2. The predicted octanol–water partition coefficient (Wildman–Crippen LogP) is 4.40. The lowest BCUT2D eigenvalue weighted by Gasteiger charge is -2.30. The Balaban J connectivity index is 1.83. The van der Waals surface area contributed by atoms with Crippen LogP contribution in [0.15, 0.2) is 59.6 Å². The minimum Gasteiger partial charge on any atom is -0.378 e. The lowest BCUT2D eigenvalue weighted by atomic mass is 9.88. The van der Waals surface area contributed by atoms with Crippen molar-refractivity contribution in [3.63, 3.8) is 0 Å². The second kappa shape index (κ2) is 7.24. The third kappa shape index (κ3) is 3.34. The van der Waals surface area contributed by atoms with E-state index in [2.05, 4.69) is 4.90 Å². The van der Waals surface area contributed by atoms with Gasteiger partial charge < -0.3 is 9.64 Å². The molecule has 0 aliphatic carbocycles. The van der Waals surface area contributed by atoms with Crippen LogP contribution in [-0.2, 0) is 9.53 Å². The molecule has 0 aromatic heterocycles. The van der Waals surface area contributed by atoms with Gasteiger partial charge in [-0.25, -0.2) is 0 Å². The van der Waals surface area contributed by atoms with Crippen molar-refractivity contribution < 1.29 is 9.53 Å². The molecule has 2 heterocycles. The van der Waals surface area contributed by atoms with Crippen molar-refractivity contribution in [1.29, 1.82) is 0 Å². The van der Waals surface area contributed by atoms with Gasteiger partial charge in [-0.2, -0.15) is 0 Å². The van der Waals surface area contributed by atoms with Gasteiger partial charge in [0.05, 0.1) is 24.2 Å². The van der Waals surface area contributed by atoms with Crippen LogP contribution in [0.1, 0.15) is 17.0 Å². The molecule has 3 nitrogen and oxygen atoms in total. The number of carbonyl (C=O) groups is 1. The Morgan fingerprint density at radius 3 is 2.36 bits per heavy atom. The SMILES string of the molecule is O=C1SC(N2CCOCC2)=C(c2ccc(Cl)cc2)C1c1ccccc1. The van der Waals surface area contributed by atoms with E-state index < -0.39 is 0 Å². The number of morpholine rings is 1. The molecule has 2 aliphatic rings. The van der Waals surface area contributed by atoms with E-state index in [9.17, 15) is 4.79 Å². The number of nitrogens with zero attached hydrogens (tertiary/aromatic N) is 1. The van der Waals surface area contributed by atoms with Crippen molar-refractivity contribution in [3.05, 3.63) is 75.8 Å². The zero-order valence-corrected chi connectivity index (χ0v) is 15.2. The molecule has 2 aromatic carbocycles. The molecule has 25 heavy (non-hydrogen) atoms. The van der Waals surface area contributed by atoms with Crippen molar-refractivity contribution in [3.8, 4) is 0 Å². The molecule has 1 saturated heterocycles. The number of carbonyl (C=O) groups excluding carboxylic acids is 1. The predicted molar refractivity (Wildman–Crippen MR) is 103 cm³/mol.